The second-order valence-electron chi connectivity index (χ2n) is 7.94. The zero-order valence-corrected chi connectivity index (χ0v) is 16.4. The monoisotopic (exact) mass is 391 g/mol. The highest BCUT2D eigenvalue weighted by Crippen LogP contribution is 2.35. The molecule has 1 saturated carbocycles. The van der Waals surface area contributed by atoms with E-state index in [9.17, 15) is 4.79 Å². The lowest BCUT2D eigenvalue weighted by atomic mass is 9.87. The number of rotatable bonds is 4. The number of benzene rings is 2. The van der Waals surface area contributed by atoms with Crippen molar-refractivity contribution >= 4 is 22.6 Å². The van der Waals surface area contributed by atoms with Crippen molar-refractivity contribution in [1.29, 1.82) is 0 Å². The van der Waals surface area contributed by atoms with Crippen LogP contribution in [0.25, 0.3) is 22.4 Å². The highest BCUT2D eigenvalue weighted by atomic mass is 16.6. The van der Waals surface area contributed by atoms with Gasteiger partial charge in [0.15, 0.2) is 11.5 Å². The fourth-order valence-electron chi connectivity index (χ4n) is 4.29. The van der Waals surface area contributed by atoms with Gasteiger partial charge in [0.2, 0.25) is 5.91 Å². The van der Waals surface area contributed by atoms with E-state index >= 15 is 0 Å². The molecule has 1 aliphatic carbocycles. The van der Waals surface area contributed by atoms with Gasteiger partial charge in [-0.3, -0.25) is 4.79 Å². The molecule has 29 heavy (non-hydrogen) atoms. The molecule has 1 amide bonds. The molecule has 1 fully saturated rings. The number of carbonyl (C=O) groups excluding carboxylic acids is 1. The van der Waals surface area contributed by atoms with E-state index in [-0.39, 0.29) is 5.91 Å². The van der Waals surface area contributed by atoms with E-state index in [0.717, 1.165) is 39.6 Å². The molecule has 1 aromatic heterocycles. The van der Waals surface area contributed by atoms with Crippen LogP contribution in [0.3, 0.4) is 0 Å². The van der Waals surface area contributed by atoms with Crippen LogP contribution >= 0.6 is 0 Å². The minimum absolute atomic E-state index is 0.0978. The average Bonchev–Trinajstić information content (AvgIpc) is 3.16. The summed E-state index contributed by atoms with van der Waals surface area (Å²) in [6.45, 7) is 1.11. The molecule has 2 aromatic carbocycles. The third kappa shape index (κ3) is 3.92. The third-order valence-electron chi connectivity index (χ3n) is 5.76. The minimum Gasteiger partial charge on any atom is -0.486 e. The summed E-state index contributed by atoms with van der Waals surface area (Å²) in [5.41, 5.74) is 3.46. The van der Waals surface area contributed by atoms with Gasteiger partial charge in [0.05, 0.1) is 11.0 Å². The molecule has 5 rings (SSSR count). The number of H-pyrrole nitrogens is 1. The summed E-state index contributed by atoms with van der Waals surface area (Å²) >= 11 is 0. The van der Waals surface area contributed by atoms with Crippen LogP contribution in [0.1, 0.15) is 38.5 Å². The van der Waals surface area contributed by atoms with Gasteiger partial charge in [0, 0.05) is 29.8 Å². The summed E-state index contributed by atoms with van der Waals surface area (Å²) in [6.07, 6.45) is 6.75. The molecular formula is C23H25N3O3. The zero-order chi connectivity index (χ0) is 19.6. The number of amides is 1. The quantitative estimate of drug-likeness (QED) is 0.662. The van der Waals surface area contributed by atoms with Crippen molar-refractivity contribution < 1.29 is 14.3 Å². The van der Waals surface area contributed by atoms with Crippen molar-refractivity contribution in [3.05, 3.63) is 36.4 Å². The fourth-order valence-corrected chi connectivity index (χ4v) is 4.29. The lowest BCUT2D eigenvalue weighted by Gasteiger charge is -2.20. The van der Waals surface area contributed by atoms with Crippen molar-refractivity contribution in [2.45, 2.75) is 38.5 Å². The van der Waals surface area contributed by atoms with Crippen molar-refractivity contribution in [2.75, 3.05) is 18.5 Å². The topological polar surface area (TPSA) is 76.2 Å². The Balaban J connectivity index is 1.34. The first kappa shape index (κ1) is 18.0. The number of hydrogen-bond donors (Lipinski definition) is 2. The number of carbonyl (C=O) groups is 1. The van der Waals surface area contributed by atoms with Crippen LogP contribution in [0.5, 0.6) is 11.5 Å². The molecular weight excluding hydrogens is 366 g/mol. The van der Waals surface area contributed by atoms with Gasteiger partial charge in [0.1, 0.15) is 19.0 Å². The Labute approximate surface area is 169 Å². The van der Waals surface area contributed by atoms with Crippen molar-refractivity contribution in [1.82, 2.24) is 9.97 Å². The fraction of sp³-hybridized carbons (Fsp3) is 0.391. The summed E-state index contributed by atoms with van der Waals surface area (Å²) < 4.78 is 11.3. The third-order valence-corrected chi connectivity index (χ3v) is 5.76. The molecule has 1 aliphatic heterocycles. The van der Waals surface area contributed by atoms with Gasteiger partial charge >= 0.3 is 0 Å². The number of aromatic nitrogens is 2. The summed E-state index contributed by atoms with van der Waals surface area (Å²) in [5, 5.41) is 3.06. The maximum Gasteiger partial charge on any atom is 0.224 e. The Hall–Kier alpha value is -3.02. The molecule has 6 heteroatoms. The second-order valence-corrected chi connectivity index (χ2v) is 7.94. The van der Waals surface area contributed by atoms with E-state index in [1.165, 1.54) is 32.1 Å². The van der Waals surface area contributed by atoms with E-state index < -0.39 is 0 Å². The van der Waals surface area contributed by atoms with Gasteiger partial charge in [0.25, 0.3) is 0 Å². The Morgan fingerprint density at radius 1 is 1.07 bits per heavy atom. The van der Waals surface area contributed by atoms with E-state index in [2.05, 4.69) is 10.3 Å². The van der Waals surface area contributed by atoms with Crippen molar-refractivity contribution in [3.63, 3.8) is 0 Å². The first-order valence-corrected chi connectivity index (χ1v) is 10.4. The van der Waals surface area contributed by atoms with Crippen LogP contribution in [0.15, 0.2) is 36.4 Å². The molecule has 2 aliphatic rings. The maximum absolute atomic E-state index is 12.5. The Morgan fingerprint density at radius 3 is 2.69 bits per heavy atom. The van der Waals surface area contributed by atoms with Crippen molar-refractivity contribution in [3.8, 4) is 22.9 Å². The Morgan fingerprint density at radius 2 is 1.86 bits per heavy atom. The first-order chi connectivity index (χ1) is 14.2. The van der Waals surface area contributed by atoms with Crippen LogP contribution in [-0.2, 0) is 4.79 Å². The van der Waals surface area contributed by atoms with E-state index in [1.807, 2.05) is 36.4 Å². The lowest BCUT2D eigenvalue weighted by molar-refractivity contribution is -0.117. The average molecular weight is 391 g/mol. The Bertz CT molecular complexity index is 994. The van der Waals surface area contributed by atoms with Crippen LogP contribution < -0.4 is 14.8 Å². The molecule has 150 valence electrons. The molecule has 2 N–H and O–H groups in total. The molecule has 0 saturated heterocycles. The molecule has 0 bridgehead atoms. The van der Waals surface area contributed by atoms with Gasteiger partial charge in [-0.2, -0.15) is 0 Å². The number of imidazole rings is 1. The van der Waals surface area contributed by atoms with E-state index in [0.29, 0.717) is 25.6 Å². The number of nitrogens with one attached hydrogen (secondary N) is 2. The van der Waals surface area contributed by atoms with Crippen LogP contribution in [-0.4, -0.2) is 29.1 Å². The number of aromatic amines is 1. The molecule has 3 aromatic rings. The first-order valence-electron chi connectivity index (χ1n) is 10.4. The molecule has 6 nitrogen and oxygen atoms in total. The SMILES string of the molecule is O=C(CC1CCCCC1)Nc1cccc(-c2nc3cc4c(cc3[nH]2)OCCO4)c1. The normalized spacial score (nSPS) is 16.7. The second kappa shape index (κ2) is 7.78. The largest absolute Gasteiger partial charge is 0.486 e. The van der Waals surface area contributed by atoms with Crippen LogP contribution in [0.4, 0.5) is 5.69 Å². The predicted octanol–water partition coefficient (Wildman–Crippen LogP) is 4.91. The lowest BCUT2D eigenvalue weighted by Crippen LogP contribution is -2.18. The summed E-state index contributed by atoms with van der Waals surface area (Å²) in [5.74, 6) is 2.84. The highest BCUT2D eigenvalue weighted by Gasteiger charge is 2.18. The molecule has 0 unspecified atom stereocenters. The van der Waals surface area contributed by atoms with Crippen molar-refractivity contribution in [2.24, 2.45) is 5.92 Å². The number of fused-ring (bicyclic) bond motifs is 2. The molecule has 0 spiro atoms. The van der Waals surface area contributed by atoms with Gasteiger partial charge in [-0.25, -0.2) is 4.98 Å². The Kier molecular flexibility index (Phi) is 4.84. The van der Waals surface area contributed by atoms with Gasteiger partial charge in [-0.15, -0.1) is 0 Å². The number of nitrogens with zero attached hydrogens (tertiary/aromatic N) is 1. The predicted molar refractivity (Wildman–Crippen MR) is 112 cm³/mol. The minimum atomic E-state index is 0.0978. The van der Waals surface area contributed by atoms with Crippen LogP contribution in [0, 0.1) is 5.92 Å². The maximum atomic E-state index is 12.5. The summed E-state index contributed by atoms with van der Waals surface area (Å²) in [7, 11) is 0. The van der Waals surface area contributed by atoms with Gasteiger partial charge in [-0.05, 0) is 30.9 Å². The zero-order valence-electron chi connectivity index (χ0n) is 16.4. The molecule has 0 radical (unpaired) electrons. The molecule has 2 heterocycles. The summed E-state index contributed by atoms with van der Waals surface area (Å²) in [6, 6.07) is 11.6. The van der Waals surface area contributed by atoms with Gasteiger partial charge in [-0.1, -0.05) is 31.4 Å². The summed E-state index contributed by atoms with van der Waals surface area (Å²) in [4.78, 5) is 20.5. The van der Waals surface area contributed by atoms with E-state index in [1.54, 1.807) is 0 Å². The standard InChI is InChI=1S/C23H25N3O3/c27-22(11-15-5-2-1-3-6-15)24-17-8-4-7-16(12-17)23-25-18-13-20-21(14-19(18)26-23)29-10-9-28-20/h4,7-8,12-15H,1-3,5-6,9-11H2,(H,24,27)(H,25,26). The van der Waals surface area contributed by atoms with Gasteiger partial charge < -0.3 is 19.8 Å². The highest BCUT2D eigenvalue weighted by molar-refractivity contribution is 5.91. The van der Waals surface area contributed by atoms with E-state index in [4.69, 9.17) is 14.5 Å². The smallest absolute Gasteiger partial charge is 0.224 e. The van der Waals surface area contributed by atoms with Crippen LogP contribution in [0.2, 0.25) is 0 Å². The molecule has 0 atom stereocenters. The number of hydrogen-bond acceptors (Lipinski definition) is 4. The number of ether oxygens (including phenoxy) is 2. The number of anilines is 1.